The third-order valence-corrected chi connectivity index (χ3v) is 3.30. The Labute approximate surface area is 117 Å². The topological polar surface area (TPSA) is 108 Å². The molecule has 10 heteroatoms. The Morgan fingerprint density at radius 2 is 2.24 bits per heavy atom. The van der Waals surface area contributed by atoms with Crippen molar-refractivity contribution in [1.29, 1.82) is 0 Å². The van der Waals surface area contributed by atoms with Crippen LogP contribution in [0.3, 0.4) is 0 Å². The number of aromatic nitrogens is 4. The van der Waals surface area contributed by atoms with Gasteiger partial charge in [0.15, 0.2) is 17.5 Å². The largest absolute Gasteiger partial charge is 0.256 e. The maximum Gasteiger partial charge on any atom is 0.256 e. The summed E-state index contributed by atoms with van der Waals surface area (Å²) in [4.78, 5) is 13.2. The van der Waals surface area contributed by atoms with E-state index >= 15 is 0 Å². The average molecular weight is 278 g/mol. The highest BCUT2D eigenvalue weighted by Gasteiger charge is 2.29. The fraction of sp³-hybridized carbons (Fsp3) is 0.0909. The van der Waals surface area contributed by atoms with Crippen LogP contribution in [0.2, 0.25) is 0 Å². The van der Waals surface area contributed by atoms with Crippen molar-refractivity contribution in [1.82, 2.24) is 24.6 Å². The summed E-state index contributed by atoms with van der Waals surface area (Å²) in [6.45, 7) is 0.355. The Kier molecular flexibility index (Phi) is 1.81. The van der Waals surface area contributed by atoms with Crippen LogP contribution in [-0.2, 0) is 0 Å². The van der Waals surface area contributed by atoms with Gasteiger partial charge in [0, 0.05) is 6.20 Å². The van der Waals surface area contributed by atoms with Crippen LogP contribution in [-0.4, -0.2) is 49.1 Å². The van der Waals surface area contributed by atoms with Gasteiger partial charge in [-0.2, -0.15) is 10.2 Å². The molecule has 0 aromatic carbocycles. The molecule has 0 N–H and O–H groups in total. The van der Waals surface area contributed by atoms with E-state index in [0.717, 1.165) is 11.1 Å². The number of nitrogens with zero attached hydrogens (tertiary/aromatic N) is 10. The fourth-order valence-corrected chi connectivity index (χ4v) is 2.31. The molecular weight excluding hydrogens is 272 g/mol. The molecule has 0 spiro atoms. The summed E-state index contributed by atoms with van der Waals surface area (Å²) in [6.07, 6.45) is 6.58. The first-order valence-corrected chi connectivity index (χ1v) is 6.15. The SMILES string of the molecule is C1=NN2CN=C3N=NC=C3C2=Nc2c1cnc1nncn21. The molecule has 5 heterocycles. The highest BCUT2D eigenvalue weighted by atomic mass is 15.5. The zero-order valence-electron chi connectivity index (χ0n) is 10.5. The second-order valence-corrected chi connectivity index (χ2v) is 4.50. The molecule has 0 amide bonds. The van der Waals surface area contributed by atoms with Gasteiger partial charge in [-0.1, -0.05) is 0 Å². The average Bonchev–Trinajstić information content (AvgIpc) is 3.12. The molecule has 0 radical (unpaired) electrons. The number of fused-ring (bicyclic) bond motifs is 6. The molecular formula is C11H6N10. The molecule has 3 aliphatic heterocycles. The van der Waals surface area contributed by atoms with Crippen LogP contribution in [0.5, 0.6) is 0 Å². The minimum absolute atomic E-state index is 0.355. The first-order chi connectivity index (χ1) is 10.4. The van der Waals surface area contributed by atoms with Crippen molar-refractivity contribution < 1.29 is 0 Å². The van der Waals surface area contributed by atoms with Crippen LogP contribution < -0.4 is 0 Å². The van der Waals surface area contributed by atoms with E-state index in [9.17, 15) is 0 Å². The quantitative estimate of drug-likeness (QED) is 0.699. The lowest BCUT2D eigenvalue weighted by molar-refractivity contribution is 0.459. The highest BCUT2D eigenvalue weighted by Crippen LogP contribution is 2.26. The Morgan fingerprint density at radius 1 is 1.24 bits per heavy atom. The molecule has 21 heavy (non-hydrogen) atoms. The zero-order chi connectivity index (χ0) is 13.8. The van der Waals surface area contributed by atoms with Crippen LogP contribution >= 0.6 is 0 Å². The van der Waals surface area contributed by atoms with E-state index in [1.54, 1.807) is 34.3 Å². The smallest absolute Gasteiger partial charge is 0.249 e. The number of hydrogen-bond donors (Lipinski definition) is 0. The van der Waals surface area contributed by atoms with E-state index in [2.05, 4.69) is 35.5 Å². The van der Waals surface area contributed by atoms with Gasteiger partial charge in [-0.15, -0.1) is 15.3 Å². The van der Waals surface area contributed by atoms with E-state index in [-0.39, 0.29) is 0 Å². The van der Waals surface area contributed by atoms with Crippen LogP contribution in [0.4, 0.5) is 5.82 Å². The van der Waals surface area contributed by atoms with Crippen molar-refractivity contribution in [3.05, 3.63) is 29.9 Å². The normalized spacial score (nSPS) is 18.7. The maximum atomic E-state index is 4.70. The summed E-state index contributed by atoms with van der Waals surface area (Å²) in [5, 5.41) is 21.7. The molecule has 10 nitrogen and oxygen atoms in total. The molecule has 2 aromatic rings. The molecule has 0 unspecified atom stereocenters. The van der Waals surface area contributed by atoms with Crippen molar-refractivity contribution in [2.24, 2.45) is 25.3 Å². The lowest BCUT2D eigenvalue weighted by Gasteiger charge is -2.22. The molecule has 0 saturated carbocycles. The van der Waals surface area contributed by atoms with Gasteiger partial charge in [-0.25, -0.2) is 24.4 Å². The maximum absolute atomic E-state index is 4.70. The predicted octanol–water partition coefficient (Wildman–Crippen LogP) is 0.523. The summed E-state index contributed by atoms with van der Waals surface area (Å²) < 4.78 is 1.72. The van der Waals surface area contributed by atoms with Gasteiger partial charge in [0.1, 0.15) is 13.0 Å². The molecule has 100 valence electrons. The Morgan fingerprint density at radius 3 is 3.24 bits per heavy atom. The van der Waals surface area contributed by atoms with Crippen molar-refractivity contribution in [2.45, 2.75) is 0 Å². The third kappa shape index (κ3) is 1.35. The van der Waals surface area contributed by atoms with Gasteiger partial charge < -0.3 is 0 Å². The standard InChI is InChI=1S/C11H6N10/c1-6-2-16-21-4-13-8-7(3-14-18-8)10(21)17-9(6)20-5-15-19-11(20)12-1/h1-3,5H,4H2. The summed E-state index contributed by atoms with van der Waals surface area (Å²) >= 11 is 0. The first kappa shape index (κ1) is 10.5. The minimum Gasteiger partial charge on any atom is -0.249 e. The molecule has 5 rings (SSSR count). The second-order valence-electron chi connectivity index (χ2n) is 4.50. The summed E-state index contributed by atoms with van der Waals surface area (Å²) in [5.74, 6) is 2.39. The minimum atomic E-state index is 0.355. The molecule has 0 bridgehead atoms. The fourth-order valence-electron chi connectivity index (χ4n) is 2.31. The van der Waals surface area contributed by atoms with Crippen LogP contribution in [0.1, 0.15) is 5.56 Å². The number of amidine groups is 2. The molecule has 0 aliphatic carbocycles. The Balaban J connectivity index is 1.81. The van der Waals surface area contributed by atoms with Gasteiger partial charge in [0.2, 0.25) is 0 Å². The Bertz CT molecular complexity index is 928. The summed E-state index contributed by atoms with van der Waals surface area (Å²) in [7, 11) is 0. The van der Waals surface area contributed by atoms with Gasteiger partial charge in [0.25, 0.3) is 5.78 Å². The predicted molar refractivity (Wildman–Crippen MR) is 72.6 cm³/mol. The summed E-state index contributed by atoms with van der Waals surface area (Å²) in [6, 6.07) is 0. The molecule has 0 atom stereocenters. The van der Waals surface area contributed by atoms with E-state index in [0.29, 0.717) is 29.9 Å². The van der Waals surface area contributed by atoms with E-state index in [4.69, 9.17) is 4.99 Å². The number of hydrogen-bond acceptors (Lipinski definition) is 9. The second kappa shape index (κ2) is 3.62. The molecule has 2 aromatic heterocycles. The third-order valence-electron chi connectivity index (χ3n) is 3.30. The lowest BCUT2D eigenvalue weighted by atomic mass is 10.2. The molecule has 3 aliphatic rings. The van der Waals surface area contributed by atoms with Crippen molar-refractivity contribution >= 4 is 29.5 Å². The summed E-state index contributed by atoms with van der Waals surface area (Å²) in [5.41, 5.74) is 1.53. The monoisotopic (exact) mass is 278 g/mol. The van der Waals surface area contributed by atoms with Gasteiger partial charge in [-0.05, 0) is 0 Å². The first-order valence-electron chi connectivity index (χ1n) is 6.15. The van der Waals surface area contributed by atoms with Crippen LogP contribution in [0, 0.1) is 0 Å². The van der Waals surface area contributed by atoms with E-state index in [1.165, 1.54) is 0 Å². The van der Waals surface area contributed by atoms with E-state index < -0.39 is 0 Å². The van der Waals surface area contributed by atoms with Crippen LogP contribution in [0.25, 0.3) is 5.78 Å². The van der Waals surface area contributed by atoms with Gasteiger partial charge in [0.05, 0.1) is 23.6 Å². The van der Waals surface area contributed by atoms with E-state index in [1.807, 2.05) is 0 Å². The van der Waals surface area contributed by atoms with Crippen LogP contribution in [0.15, 0.2) is 49.6 Å². The van der Waals surface area contributed by atoms with Gasteiger partial charge >= 0.3 is 0 Å². The lowest BCUT2D eigenvalue weighted by Crippen LogP contribution is -2.33. The van der Waals surface area contributed by atoms with Gasteiger partial charge in [-0.3, -0.25) is 0 Å². The van der Waals surface area contributed by atoms with Crippen molar-refractivity contribution in [3.8, 4) is 0 Å². The molecule has 0 saturated heterocycles. The highest BCUT2D eigenvalue weighted by molar-refractivity contribution is 6.25. The number of rotatable bonds is 0. The molecule has 0 fully saturated rings. The number of aliphatic imine (C=N–C) groups is 2. The van der Waals surface area contributed by atoms with Crippen molar-refractivity contribution in [3.63, 3.8) is 0 Å². The zero-order valence-corrected chi connectivity index (χ0v) is 10.5. The number of azo groups is 1. The Hall–Kier alpha value is -3.30. The number of hydrazone groups is 1. The van der Waals surface area contributed by atoms with Crippen molar-refractivity contribution in [2.75, 3.05) is 6.67 Å².